The first-order valence-electron chi connectivity index (χ1n) is 9.42. The summed E-state index contributed by atoms with van der Waals surface area (Å²) in [5, 5.41) is 7.81. The van der Waals surface area contributed by atoms with E-state index in [1.807, 2.05) is 18.2 Å². The van der Waals surface area contributed by atoms with E-state index < -0.39 is 0 Å². The quantitative estimate of drug-likeness (QED) is 0.395. The van der Waals surface area contributed by atoms with E-state index in [1.54, 1.807) is 0 Å². The second-order valence-electron chi connectivity index (χ2n) is 6.56. The minimum Gasteiger partial charge on any atom is -0.461 e. The number of ether oxygens (including phenoxy) is 1. The lowest BCUT2D eigenvalue weighted by atomic mass is 10.2. The maximum atomic E-state index is 5.84. The van der Waals surface area contributed by atoms with Gasteiger partial charge in [-0.2, -0.15) is 0 Å². The number of furan rings is 1. The number of rotatable bonds is 10. The van der Waals surface area contributed by atoms with Crippen molar-refractivity contribution < 1.29 is 9.15 Å². The summed E-state index contributed by atoms with van der Waals surface area (Å²) >= 11 is 0. The third-order valence-corrected chi connectivity index (χ3v) is 4.25. The molecule has 1 fully saturated rings. The minimum absolute atomic E-state index is 0.782. The van der Waals surface area contributed by atoms with E-state index in [2.05, 4.69) is 34.7 Å². The van der Waals surface area contributed by atoms with Gasteiger partial charge in [0.15, 0.2) is 5.96 Å². The van der Waals surface area contributed by atoms with E-state index in [0.717, 1.165) is 74.3 Å². The Kier molecular flexibility index (Phi) is 6.74. The summed E-state index contributed by atoms with van der Waals surface area (Å²) in [6.45, 7) is 6.25. The standard InChI is InChI=1S/C20H29N3O2/c1-2-21-20(22-11-5-13-24-15-16-8-9-16)23-12-10-18-14-17-6-3-4-7-19(17)25-18/h3-4,6-7,14,16H,2,5,8-13,15H2,1H3,(H2,21,22,23). The van der Waals surface area contributed by atoms with Crippen molar-refractivity contribution in [3.63, 3.8) is 0 Å². The predicted octanol–water partition coefficient (Wildman–Crippen LogP) is 3.35. The number of benzene rings is 1. The highest BCUT2D eigenvalue weighted by molar-refractivity contribution is 5.80. The van der Waals surface area contributed by atoms with Crippen LogP contribution in [0.15, 0.2) is 39.7 Å². The van der Waals surface area contributed by atoms with Crippen molar-refractivity contribution in [2.75, 3.05) is 32.8 Å². The molecule has 25 heavy (non-hydrogen) atoms. The SMILES string of the molecule is CCNC(=NCCCOCC1CC1)NCCc1cc2ccccc2o1. The second kappa shape index (κ2) is 9.47. The van der Waals surface area contributed by atoms with Crippen LogP contribution in [0.4, 0.5) is 0 Å². The number of hydrogen-bond acceptors (Lipinski definition) is 3. The van der Waals surface area contributed by atoms with Gasteiger partial charge in [-0.1, -0.05) is 18.2 Å². The Morgan fingerprint density at radius 1 is 1.28 bits per heavy atom. The van der Waals surface area contributed by atoms with Gasteiger partial charge in [0.1, 0.15) is 11.3 Å². The molecule has 1 aromatic heterocycles. The zero-order valence-corrected chi connectivity index (χ0v) is 15.1. The molecule has 1 aliphatic carbocycles. The first kappa shape index (κ1) is 17.8. The summed E-state index contributed by atoms with van der Waals surface area (Å²) in [6.07, 6.45) is 4.49. The molecule has 1 aliphatic rings. The van der Waals surface area contributed by atoms with E-state index in [1.165, 1.54) is 12.8 Å². The van der Waals surface area contributed by atoms with Crippen LogP contribution in [0.2, 0.25) is 0 Å². The zero-order chi connectivity index (χ0) is 17.3. The molecular weight excluding hydrogens is 314 g/mol. The van der Waals surface area contributed by atoms with Gasteiger partial charge in [0.25, 0.3) is 0 Å². The fourth-order valence-electron chi connectivity index (χ4n) is 2.70. The van der Waals surface area contributed by atoms with Crippen molar-refractivity contribution in [2.24, 2.45) is 10.9 Å². The maximum absolute atomic E-state index is 5.84. The topological polar surface area (TPSA) is 58.8 Å². The molecule has 0 atom stereocenters. The van der Waals surface area contributed by atoms with Crippen LogP contribution in [0.5, 0.6) is 0 Å². The summed E-state index contributed by atoms with van der Waals surface area (Å²) in [6, 6.07) is 10.2. The van der Waals surface area contributed by atoms with Crippen LogP contribution < -0.4 is 10.6 Å². The second-order valence-corrected chi connectivity index (χ2v) is 6.56. The Labute approximate surface area is 149 Å². The first-order chi connectivity index (χ1) is 12.3. The highest BCUT2D eigenvalue weighted by Gasteiger charge is 2.20. The van der Waals surface area contributed by atoms with Gasteiger partial charge in [-0.05, 0) is 44.2 Å². The smallest absolute Gasteiger partial charge is 0.191 e. The summed E-state index contributed by atoms with van der Waals surface area (Å²) < 4.78 is 11.5. The van der Waals surface area contributed by atoms with Gasteiger partial charge in [0.2, 0.25) is 0 Å². The lowest BCUT2D eigenvalue weighted by Crippen LogP contribution is -2.38. The molecule has 0 bridgehead atoms. The van der Waals surface area contributed by atoms with Crippen molar-refractivity contribution >= 4 is 16.9 Å². The molecule has 5 heteroatoms. The maximum Gasteiger partial charge on any atom is 0.191 e. The van der Waals surface area contributed by atoms with Crippen molar-refractivity contribution in [3.05, 3.63) is 36.1 Å². The van der Waals surface area contributed by atoms with Crippen molar-refractivity contribution in [2.45, 2.75) is 32.6 Å². The Hall–Kier alpha value is -2.01. The van der Waals surface area contributed by atoms with E-state index in [0.29, 0.717) is 0 Å². The molecule has 1 heterocycles. The van der Waals surface area contributed by atoms with E-state index in [9.17, 15) is 0 Å². The molecule has 0 radical (unpaired) electrons. The van der Waals surface area contributed by atoms with Crippen LogP contribution in [-0.4, -0.2) is 38.8 Å². The molecule has 0 unspecified atom stereocenters. The molecule has 0 saturated heterocycles. The number of aliphatic imine (C=N–C) groups is 1. The zero-order valence-electron chi connectivity index (χ0n) is 15.1. The van der Waals surface area contributed by atoms with E-state index >= 15 is 0 Å². The molecule has 2 N–H and O–H groups in total. The van der Waals surface area contributed by atoms with Gasteiger partial charge in [0.05, 0.1) is 0 Å². The Balaban J connectivity index is 1.37. The largest absolute Gasteiger partial charge is 0.461 e. The highest BCUT2D eigenvalue weighted by Crippen LogP contribution is 2.28. The average molecular weight is 343 g/mol. The summed E-state index contributed by atoms with van der Waals surface area (Å²) in [5.74, 6) is 2.69. The van der Waals surface area contributed by atoms with Crippen LogP contribution in [0, 0.1) is 5.92 Å². The van der Waals surface area contributed by atoms with Crippen LogP contribution in [0.1, 0.15) is 31.9 Å². The molecule has 1 saturated carbocycles. The van der Waals surface area contributed by atoms with Gasteiger partial charge in [-0.15, -0.1) is 0 Å². The first-order valence-corrected chi connectivity index (χ1v) is 9.42. The van der Waals surface area contributed by atoms with E-state index in [4.69, 9.17) is 9.15 Å². The van der Waals surface area contributed by atoms with Gasteiger partial charge in [-0.3, -0.25) is 4.99 Å². The number of fused-ring (bicyclic) bond motifs is 1. The molecule has 0 spiro atoms. The van der Waals surface area contributed by atoms with E-state index in [-0.39, 0.29) is 0 Å². The average Bonchev–Trinajstić information content (AvgIpc) is 3.35. The number of guanidine groups is 1. The van der Waals surface area contributed by atoms with Crippen LogP contribution in [0.25, 0.3) is 11.0 Å². The molecule has 2 aromatic rings. The summed E-state index contributed by atoms with van der Waals surface area (Å²) in [5.41, 5.74) is 0.948. The molecular formula is C20H29N3O2. The highest BCUT2D eigenvalue weighted by atomic mass is 16.5. The number of para-hydroxylation sites is 1. The molecule has 0 aliphatic heterocycles. The third kappa shape index (κ3) is 6.09. The Morgan fingerprint density at radius 2 is 2.16 bits per heavy atom. The number of nitrogens with zero attached hydrogens (tertiary/aromatic N) is 1. The number of hydrogen-bond donors (Lipinski definition) is 2. The lowest BCUT2D eigenvalue weighted by Gasteiger charge is -2.10. The summed E-state index contributed by atoms with van der Waals surface area (Å²) in [7, 11) is 0. The Bertz CT molecular complexity index is 643. The fourth-order valence-corrected chi connectivity index (χ4v) is 2.70. The molecule has 5 nitrogen and oxygen atoms in total. The van der Waals surface area contributed by atoms with Gasteiger partial charge in [0, 0.05) is 44.7 Å². The summed E-state index contributed by atoms with van der Waals surface area (Å²) in [4.78, 5) is 4.60. The lowest BCUT2D eigenvalue weighted by molar-refractivity contribution is 0.123. The minimum atomic E-state index is 0.782. The monoisotopic (exact) mass is 343 g/mol. The van der Waals surface area contributed by atoms with Crippen LogP contribution in [0.3, 0.4) is 0 Å². The number of nitrogens with one attached hydrogen (secondary N) is 2. The third-order valence-electron chi connectivity index (χ3n) is 4.25. The van der Waals surface area contributed by atoms with Crippen molar-refractivity contribution in [3.8, 4) is 0 Å². The predicted molar refractivity (Wildman–Crippen MR) is 102 cm³/mol. The molecule has 0 amide bonds. The Morgan fingerprint density at radius 3 is 2.96 bits per heavy atom. The van der Waals surface area contributed by atoms with Crippen LogP contribution >= 0.6 is 0 Å². The molecule has 3 rings (SSSR count). The molecule has 136 valence electrons. The van der Waals surface area contributed by atoms with Crippen molar-refractivity contribution in [1.82, 2.24) is 10.6 Å². The van der Waals surface area contributed by atoms with Crippen molar-refractivity contribution in [1.29, 1.82) is 0 Å². The normalized spacial score (nSPS) is 14.8. The fraction of sp³-hybridized carbons (Fsp3) is 0.550. The van der Waals surface area contributed by atoms with Gasteiger partial charge in [-0.25, -0.2) is 0 Å². The van der Waals surface area contributed by atoms with Gasteiger partial charge >= 0.3 is 0 Å². The van der Waals surface area contributed by atoms with Crippen LogP contribution in [-0.2, 0) is 11.2 Å². The van der Waals surface area contributed by atoms with Gasteiger partial charge < -0.3 is 19.8 Å². The molecule has 1 aromatic carbocycles.